The molecule has 0 spiro atoms. The van der Waals surface area contributed by atoms with Crippen LogP contribution in [0.25, 0.3) is 10.2 Å². The Morgan fingerprint density at radius 2 is 2.03 bits per heavy atom. The second-order valence-corrected chi connectivity index (χ2v) is 9.21. The molecule has 6 nitrogen and oxygen atoms in total. The van der Waals surface area contributed by atoms with Gasteiger partial charge in [-0.1, -0.05) is 11.6 Å². The zero-order valence-electron chi connectivity index (χ0n) is 16.6. The molecule has 2 aromatic heterocycles. The quantitative estimate of drug-likeness (QED) is 0.617. The number of benzene rings is 1. The van der Waals surface area contributed by atoms with Crippen LogP contribution in [-0.4, -0.2) is 49.7 Å². The number of aliphatic hydroxyl groups is 1. The zero-order valence-corrected chi connectivity index (χ0v) is 18.1. The van der Waals surface area contributed by atoms with Crippen molar-refractivity contribution in [1.82, 2.24) is 19.4 Å². The van der Waals surface area contributed by atoms with E-state index < -0.39 is 29.9 Å². The molecule has 0 aliphatic carbocycles. The number of carbonyl (C=O) groups is 1. The van der Waals surface area contributed by atoms with Crippen LogP contribution in [0.5, 0.6) is 0 Å². The normalized spacial score (nSPS) is 17.8. The van der Waals surface area contributed by atoms with Crippen molar-refractivity contribution in [2.45, 2.75) is 37.0 Å². The third kappa shape index (κ3) is 4.16. The molecule has 1 fully saturated rings. The molecule has 3 aromatic rings. The van der Waals surface area contributed by atoms with Crippen molar-refractivity contribution in [2.75, 3.05) is 13.1 Å². The van der Waals surface area contributed by atoms with Gasteiger partial charge >= 0.3 is 6.18 Å². The summed E-state index contributed by atoms with van der Waals surface area (Å²) < 4.78 is 43.2. The van der Waals surface area contributed by atoms with Gasteiger partial charge in [-0.25, -0.2) is 9.97 Å². The number of likely N-dealkylation sites (tertiary alicyclic amines) is 1. The second kappa shape index (κ2) is 8.07. The SMILES string of the molecule is Cn1ccnc1C(O)(CC(=O)N1CCC(c2nc3cc(Cl)ccc3s2)CC1)C(F)(F)F. The van der Waals surface area contributed by atoms with Crippen LogP contribution >= 0.6 is 22.9 Å². The van der Waals surface area contributed by atoms with Crippen molar-refractivity contribution in [3.05, 3.63) is 46.4 Å². The Bertz CT molecular complexity index is 1110. The minimum atomic E-state index is -5.04. The number of hydrogen-bond donors (Lipinski definition) is 1. The molecular formula is C20H20ClF3N4O2S. The highest BCUT2D eigenvalue weighted by molar-refractivity contribution is 7.18. The number of aryl methyl sites for hydroxylation is 1. The molecule has 1 aliphatic rings. The fourth-order valence-electron chi connectivity index (χ4n) is 3.87. The number of alkyl halides is 3. The Hall–Kier alpha value is -2.17. The fraction of sp³-hybridized carbons (Fsp3) is 0.450. The standard InChI is InChI=1S/C20H20ClF3N4O2S/c1-27-9-6-25-18(27)19(30,20(22,23)24)11-16(29)28-7-4-12(5-8-28)17-26-14-10-13(21)2-3-15(14)31-17/h2-3,6,9-10,12,30H,4-5,7-8,11H2,1H3. The lowest BCUT2D eigenvalue weighted by molar-refractivity contribution is -0.272. The van der Waals surface area contributed by atoms with Gasteiger partial charge in [-0.05, 0) is 31.0 Å². The summed E-state index contributed by atoms with van der Waals surface area (Å²) in [6.07, 6.45) is -2.51. The van der Waals surface area contributed by atoms with Gasteiger partial charge in [0.2, 0.25) is 11.5 Å². The summed E-state index contributed by atoms with van der Waals surface area (Å²) in [6.45, 7) is 0.601. The van der Waals surface area contributed by atoms with E-state index in [9.17, 15) is 23.1 Å². The van der Waals surface area contributed by atoms with Crippen molar-refractivity contribution >= 4 is 39.1 Å². The molecule has 31 heavy (non-hydrogen) atoms. The molecule has 1 N–H and O–H groups in total. The minimum absolute atomic E-state index is 0.122. The van der Waals surface area contributed by atoms with E-state index in [4.69, 9.17) is 11.6 Å². The van der Waals surface area contributed by atoms with Gasteiger partial charge in [-0.3, -0.25) is 4.79 Å². The van der Waals surface area contributed by atoms with Gasteiger partial charge in [0, 0.05) is 43.5 Å². The van der Waals surface area contributed by atoms with E-state index in [0.717, 1.165) is 26.0 Å². The zero-order chi connectivity index (χ0) is 22.4. The maximum atomic E-state index is 13.7. The number of halogens is 4. The van der Waals surface area contributed by atoms with E-state index in [1.807, 2.05) is 6.07 Å². The van der Waals surface area contributed by atoms with Gasteiger partial charge in [0.05, 0.1) is 21.6 Å². The first kappa shape index (κ1) is 22.0. The van der Waals surface area contributed by atoms with Gasteiger partial charge in [-0.15, -0.1) is 11.3 Å². The van der Waals surface area contributed by atoms with Crippen molar-refractivity contribution in [3.8, 4) is 0 Å². The highest BCUT2D eigenvalue weighted by Crippen LogP contribution is 2.42. The predicted octanol–water partition coefficient (Wildman–Crippen LogP) is 4.23. The summed E-state index contributed by atoms with van der Waals surface area (Å²) in [5.74, 6) is -1.23. The molecule has 0 radical (unpaired) electrons. The average Bonchev–Trinajstić information content (AvgIpc) is 3.33. The van der Waals surface area contributed by atoms with Gasteiger partial charge < -0.3 is 14.6 Å². The van der Waals surface area contributed by atoms with E-state index in [1.54, 1.807) is 23.5 Å². The van der Waals surface area contributed by atoms with Crippen LogP contribution in [0, 0.1) is 0 Å². The Morgan fingerprint density at radius 3 is 2.65 bits per heavy atom. The molecule has 1 atom stereocenters. The maximum absolute atomic E-state index is 13.7. The molecule has 1 aromatic carbocycles. The highest BCUT2D eigenvalue weighted by Gasteiger charge is 2.59. The summed E-state index contributed by atoms with van der Waals surface area (Å²) in [5.41, 5.74) is -2.53. The van der Waals surface area contributed by atoms with Crippen LogP contribution in [0.1, 0.15) is 36.0 Å². The lowest BCUT2D eigenvalue weighted by Crippen LogP contribution is -2.49. The Morgan fingerprint density at radius 1 is 1.32 bits per heavy atom. The number of piperidine rings is 1. The largest absolute Gasteiger partial charge is 0.425 e. The van der Waals surface area contributed by atoms with Gasteiger partial charge in [0.15, 0.2) is 5.82 Å². The second-order valence-electron chi connectivity index (χ2n) is 7.72. The lowest BCUT2D eigenvalue weighted by atomic mass is 9.94. The average molecular weight is 473 g/mol. The topological polar surface area (TPSA) is 71.2 Å². The van der Waals surface area contributed by atoms with Gasteiger partial charge in [0.25, 0.3) is 0 Å². The Labute approximate surface area is 185 Å². The van der Waals surface area contributed by atoms with Gasteiger partial charge in [0.1, 0.15) is 0 Å². The van der Waals surface area contributed by atoms with Crippen LogP contribution < -0.4 is 0 Å². The molecule has 1 saturated heterocycles. The summed E-state index contributed by atoms with van der Waals surface area (Å²) >= 11 is 7.58. The maximum Gasteiger partial charge on any atom is 0.425 e. The molecule has 3 heterocycles. The van der Waals surface area contributed by atoms with Crippen LogP contribution in [-0.2, 0) is 17.4 Å². The third-order valence-corrected chi connectivity index (χ3v) is 7.06. The summed E-state index contributed by atoms with van der Waals surface area (Å²) in [5, 5.41) is 12.0. The number of fused-ring (bicyclic) bond motifs is 1. The molecule has 1 amide bonds. The number of thiazole rings is 1. The Balaban J connectivity index is 1.45. The van der Waals surface area contributed by atoms with Gasteiger partial charge in [-0.2, -0.15) is 13.2 Å². The first-order chi connectivity index (χ1) is 14.6. The van der Waals surface area contributed by atoms with E-state index in [-0.39, 0.29) is 5.92 Å². The van der Waals surface area contributed by atoms with E-state index >= 15 is 0 Å². The van der Waals surface area contributed by atoms with Crippen molar-refractivity contribution in [2.24, 2.45) is 7.05 Å². The monoisotopic (exact) mass is 472 g/mol. The smallest absolute Gasteiger partial charge is 0.374 e. The number of hydrogen-bond acceptors (Lipinski definition) is 5. The molecule has 11 heteroatoms. The van der Waals surface area contributed by atoms with Crippen LogP contribution in [0.4, 0.5) is 13.2 Å². The lowest BCUT2D eigenvalue weighted by Gasteiger charge is -2.35. The van der Waals surface area contributed by atoms with Crippen LogP contribution in [0.15, 0.2) is 30.6 Å². The summed E-state index contributed by atoms with van der Waals surface area (Å²) in [4.78, 5) is 22.3. The fourth-order valence-corrected chi connectivity index (χ4v) is 5.15. The number of aromatic nitrogens is 3. The molecule has 166 valence electrons. The van der Waals surface area contributed by atoms with Crippen LogP contribution in [0.3, 0.4) is 0 Å². The molecule has 0 bridgehead atoms. The number of amides is 1. The molecular weight excluding hydrogens is 453 g/mol. The highest BCUT2D eigenvalue weighted by atomic mass is 35.5. The number of rotatable bonds is 4. The first-order valence-corrected chi connectivity index (χ1v) is 10.9. The molecule has 1 unspecified atom stereocenters. The van der Waals surface area contributed by atoms with E-state index in [2.05, 4.69) is 9.97 Å². The molecule has 0 saturated carbocycles. The van der Waals surface area contributed by atoms with Crippen molar-refractivity contribution in [1.29, 1.82) is 0 Å². The first-order valence-electron chi connectivity index (χ1n) is 9.69. The van der Waals surface area contributed by atoms with E-state index in [1.165, 1.54) is 18.1 Å². The summed E-state index contributed by atoms with van der Waals surface area (Å²) in [7, 11) is 1.35. The molecule has 1 aliphatic heterocycles. The van der Waals surface area contributed by atoms with Crippen LogP contribution in [0.2, 0.25) is 5.02 Å². The van der Waals surface area contributed by atoms with Crippen molar-refractivity contribution in [3.63, 3.8) is 0 Å². The number of imidazole rings is 1. The summed E-state index contributed by atoms with van der Waals surface area (Å²) in [6, 6.07) is 5.51. The minimum Gasteiger partial charge on any atom is -0.374 e. The number of nitrogens with zero attached hydrogens (tertiary/aromatic N) is 4. The predicted molar refractivity (Wildman–Crippen MR) is 111 cm³/mol. The number of carbonyl (C=O) groups excluding carboxylic acids is 1. The van der Waals surface area contributed by atoms with Crippen molar-refractivity contribution < 1.29 is 23.1 Å². The molecule has 4 rings (SSSR count). The Kier molecular flexibility index (Phi) is 5.74. The van der Waals surface area contributed by atoms with E-state index in [0.29, 0.717) is 31.0 Å². The third-order valence-electron chi connectivity index (χ3n) is 5.63.